The molecule has 9 heteroatoms. The van der Waals surface area contributed by atoms with Gasteiger partial charge in [0, 0.05) is 23.0 Å². The van der Waals surface area contributed by atoms with Crippen molar-refractivity contribution in [2.75, 3.05) is 5.32 Å². The zero-order valence-electron chi connectivity index (χ0n) is 15.4. The number of hydrogen-bond acceptors (Lipinski definition) is 2. The first-order valence-electron chi connectivity index (χ1n) is 8.54. The molecular weight excluding hydrogens is 393 g/mol. The first-order valence-corrected chi connectivity index (χ1v) is 8.54. The fraction of sp³-hybridized carbons (Fsp3) is 0.200. The summed E-state index contributed by atoms with van der Waals surface area (Å²) in [6, 6.07) is 7.69. The predicted molar refractivity (Wildman–Crippen MR) is 96.7 cm³/mol. The Balaban J connectivity index is 1.84. The smallest absolute Gasteiger partial charge is 0.326 e. The van der Waals surface area contributed by atoms with Crippen LogP contribution in [0.25, 0.3) is 5.69 Å². The van der Waals surface area contributed by atoms with Crippen LogP contribution in [-0.2, 0) is 17.4 Å². The Morgan fingerprint density at radius 1 is 1.07 bits per heavy atom. The molecular formula is C20H16F5N3O. The summed E-state index contributed by atoms with van der Waals surface area (Å²) in [5, 5.41) is 6.71. The van der Waals surface area contributed by atoms with Gasteiger partial charge in [-0.2, -0.15) is 18.3 Å². The summed E-state index contributed by atoms with van der Waals surface area (Å²) in [5.74, 6) is -2.62. The normalized spacial score (nSPS) is 11.6. The van der Waals surface area contributed by atoms with Gasteiger partial charge in [-0.15, -0.1) is 0 Å². The maximum absolute atomic E-state index is 13.3. The van der Waals surface area contributed by atoms with Gasteiger partial charge in [-0.25, -0.2) is 13.5 Å². The van der Waals surface area contributed by atoms with E-state index in [1.54, 1.807) is 13.8 Å². The van der Waals surface area contributed by atoms with Crippen molar-refractivity contribution in [3.63, 3.8) is 0 Å². The van der Waals surface area contributed by atoms with Crippen LogP contribution < -0.4 is 5.32 Å². The van der Waals surface area contributed by atoms with Gasteiger partial charge in [0.15, 0.2) is 11.6 Å². The van der Waals surface area contributed by atoms with Gasteiger partial charge in [0.25, 0.3) is 0 Å². The average molecular weight is 409 g/mol. The van der Waals surface area contributed by atoms with Gasteiger partial charge in [0.1, 0.15) is 0 Å². The highest BCUT2D eigenvalue weighted by Gasteiger charge is 2.30. The highest BCUT2D eigenvalue weighted by molar-refractivity contribution is 5.92. The van der Waals surface area contributed by atoms with E-state index in [2.05, 4.69) is 10.4 Å². The number of amides is 1. The molecule has 1 amide bonds. The summed E-state index contributed by atoms with van der Waals surface area (Å²) >= 11 is 0. The molecule has 152 valence electrons. The van der Waals surface area contributed by atoms with Crippen molar-refractivity contribution in [3.8, 4) is 5.69 Å². The van der Waals surface area contributed by atoms with E-state index in [0.717, 1.165) is 24.3 Å². The van der Waals surface area contributed by atoms with Crippen LogP contribution in [0.15, 0.2) is 42.5 Å². The minimum absolute atomic E-state index is 0.0921. The monoisotopic (exact) mass is 409 g/mol. The minimum Gasteiger partial charge on any atom is -0.326 e. The topological polar surface area (TPSA) is 46.9 Å². The molecule has 0 spiro atoms. The fourth-order valence-electron chi connectivity index (χ4n) is 2.94. The molecule has 0 aliphatic heterocycles. The quantitative estimate of drug-likeness (QED) is 0.619. The van der Waals surface area contributed by atoms with Gasteiger partial charge in [-0.1, -0.05) is 6.07 Å². The standard InChI is InChI=1S/C20H16F5N3O/c1-11-16(10-19(29)26-14-6-7-17(21)18(22)9-14)12(2)28(27-11)15-5-3-4-13(8-15)20(23,24)25/h3-9H,10H2,1-2H3,(H,26,29). The first-order chi connectivity index (χ1) is 13.6. The van der Waals surface area contributed by atoms with Crippen LogP contribution in [0.1, 0.15) is 22.5 Å². The lowest BCUT2D eigenvalue weighted by molar-refractivity contribution is -0.137. The molecule has 3 rings (SSSR count). The van der Waals surface area contributed by atoms with Gasteiger partial charge in [-0.3, -0.25) is 4.79 Å². The van der Waals surface area contributed by atoms with E-state index in [1.165, 1.54) is 22.9 Å². The third-order valence-electron chi connectivity index (χ3n) is 4.40. The molecule has 0 unspecified atom stereocenters. The zero-order chi connectivity index (χ0) is 21.3. The van der Waals surface area contributed by atoms with Gasteiger partial charge in [0.05, 0.1) is 23.4 Å². The van der Waals surface area contributed by atoms with E-state index >= 15 is 0 Å². The summed E-state index contributed by atoms with van der Waals surface area (Å²) < 4.78 is 66.5. The van der Waals surface area contributed by atoms with Crippen molar-refractivity contribution >= 4 is 11.6 Å². The number of rotatable bonds is 4. The summed E-state index contributed by atoms with van der Waals surface area (Å²) in [6.45, 7) is 3.28. The van der Waals surface area contributed by atoms with Crippen molar-refractivity contribution in [2.24, 2.45) is 0 Å². The number of nitrogens with zero attached hydrogens (tertiary/aromatic N) is 2. The lowest BCUT2D eigenvalue weighted by Gasteiger charge is -2.10. The van der Waals surface area contributed by atoms with Crippen LogP contribution in [0.5, 0.6) is 0 Å². The molecule has 0 aliphatic rings. The number of carbonyl (C=O) groups excluding carboxylic acids is 1. The van der Waals surface area contributed by atoms with Crippen LogP contribution in [-0.4, -0.2) is 15.7 Å². The molecule has 4 nitrogen and oxygen atoms in total. The van der Waals surface area contributed by atoms with E-state index < -0.39 is 29.3 Å². The Bertz CT molecular complexity index is 1070. The van der Waals surface area contributed by atoms with Crippen LogP contribution in [0, 0.1) is 25.5 Å². The SMILES string of the molecule is Cc1nn(-c2cccc(C(F)(F)F)c2)c(C)c1CC(=O)Nc1ccc(F)c(F)c1. The van der Waals surface area contributed by atoms with Crippen molar-refractivity contribution in [3.05, 3.63) is 76.6 Å². The number of alkyl halides is 3. The second-order valence-electron chi connectivity index (χ2n) is 6.46. The maximum atomic E-state index is 13.3. The molecule has 2 aromatic carbocycles. The Labute approximate surface area is 163 Å². The second-order valence-corrected chi connectivity index (χ2v) is 6.46. The molecule has 0 atom stereocenters. The van der Waals surface area contributed by atoms with Crippen LogP contribution in [0.3, 0.4) is 0 Å². The summed E-state index contributed by atoms with van der Waals surface area (Å²) in [5.41, 5.74) is 1.01. The zero-order valence-corrected chi connectivity index (χ0v) is 15.4. The van der Waals surface area contributed by atoms with Gasteiger partial charge in [-0.05, 0) is 44.2 Å². The number of nitrogens with one attached hydrogen (secondary N) is 1. The molecule has 1 heterocycles. The van der Waals surface area contributed by atoms with Gasteiger partial charge < -0.3 is 5.32 Å². The molecule has 0 saturated carbocycles. The Morgan fingerprint density at radius 3 is 2.45 bits per heavy atom. The molecule has 1 aromatic heterocycles. The average Bonchev–Trinajstić information content (AvgIpc) is 2.92. The first kappa shape index (κ1) is 20.5. The van der Waals surface area contributed by atoms with E-state index in [1.807, 2.05) is 0 Å². The lowest BCUT2D eigenvalue weighted by atomic mass is 10.1. The third-order valence-corrected chi connectivity index (χ3v) is 4.40. The van der Waals surface area contributed by atoms with E-state index in [4.69, 9.17) is 0 Å². The number of anilines is 1. The summed E-state index contributed by atoms with van der Waals surface area (Å²) in [7, 11) is 0. The predicted octanol–water partition coefficient (Wildman–Crippen LogP) is 4.97. The fourth-order valence-corrected chi connectivity index (χ4v) is 2.94. The summed E-state index contributed by atoms with van der Waals surface area (Å²) in [6.07, 6.45) is -4.62. The highest BCUT2D eigenvalue weighted by atomic mass is 19.4. The van der Waals surface area contributed by atoms with Crippen LogP contribution in [0.4, 0.5) is 27.6 Å². The molecule has 3 aromatic rings. The molecule has 0 radical (unpaired) electrons. The number of benzene rings is 2. The molecule has 0 aliphatic carbocycles. The van der Waals surface area contributed by atoms with Crippen molar-refractivity contribution in [1.29, 1.82) is 0 Å². The van der Waals surface area contributed by atoms with Crippen LogP contribution >= 0.6 is 0 Å². The largest absolute Gasteiger partial charge is 0.416 e. The van der Waals surface area contributed by atoms with Crippen molar-refractivity contribution in [2.45, 2.75) is 26.4 Å². The van der Waals surface area contributed by atoms with Gasteiger partial charge in [0.2, 0.25) is 5.91 Å². The van der Waals surface area contributed by atoms with Gasteiger partial charge >= 0.3 is 6.18 Å². The highest BCUT2D eigenvalue weighted by Crippen LogP contribution is 2.31. The number of halogens is 5. The maximum Gasteiger partial charge on any atom is 0.416 e. The number of hydrogen-bond donors (Lipinski definition) is 1. The Morgan fingerprint density at radius 2 is 1.79 bits per heavy atom. The molecule has 29 heavy (non-hydrogen) atoms. The van der Waals surface area contributed by atoms with Crippen molar-refractivity contribution in [1.82, 2.24) is 9.78 Å². The van der Waals surface area contributed by atoms with E-state index in [9.17, 15) is 26.7 Å². The van der Waals surface area contributed by atoms with E-state index in [-0.39, 0.29) is 17.8 Å². The lowest BCUT2D eigenvalue weighted by Crippen LogP contribution is -2.15. The molecule has 1 N–H and O–H groups in total. The molecule has 0 fully saturated rings. The number of aromatic nitrogens is 2. The number of carbonyl (C=O) groups is 1. The summed E-state index contributed by atoms with van der Waals surface area (Å²) in [4.78, 5) is 12.3. The molecule has 0 saturated heterocycles. The third kappa shape index (κ3) is 4.44. The second kappa shape index (κ2) is 7.65. The van der Waals surface area contributed by atoms with Crippen LogP contribution in [0.2, 0.25) is 0 Å². The molecule has 0 bridgehead atoms. The Hall–Kier alpha value is -3.23. The van der Waals surface area contributed by atoms with E-state index in [0.29, 0.717) is 17.0 Å². The minimum atomic E-state index is -4.49. The number of aryl methyl sites for hydroxylation is 1. The van der Waals surface area contributed by atoms with Crippen molar-refractivity contribution < 1.29 is 26.7 Å². The Kier molecular flexibility index (Phi) is 5.41.